The molecule has 3 N–H and O–H groups in total. The molecule has 0 aromatic heterocycles. The van der Waals surface area contributed by atoms with Crippen LogP contribution in [0.3, 0.4) is 0 Å². The lowest BCUT2D eigenvalue weighted by molar-refractivity contribution is -0.143. The van der Waals surface area contributed by atoms with E-state index >= 15 is 0 Å². The van der Waals surface area contributed by atoms with Crippen molar-refractivity contribution in [1.29, 1.82) is 0 Å². The molecule has 424 valence electrons. The van der Waals surface area contributed by atoms with E-state index in [1.807, 2.05) is 6.08 Å². The van der Waals surface area contributed by atoms with Crippen molar-refractivity contribution in [3.05, 3.63) is 36.5 Å². The molecule has 0 aliphatic heterocycles. The number of carbonyl (C=O) groups excluding carboxylic acids is 2. The Hall–Kier alpha value is -1.92. The minimum atomic E-state index is -0.848. The van der Waals surface area contributed by atoms with Gasteiger partial charge in [-0.15, -0.1) is 0 Å². The average molecular weight is 1010 g/mol. The molecule has 0 radical (unpaired) electrons. The van der Waals surface area contributed by atoms with Crippen LogP contribution >= 0.6 is 0 Å². The third-order valence-corrected chi connectivity index (χ3v) is 14.9. The molecule has 0 spiro atoms. The fourth-order valence-corrected chi connectivity index (χ4v) is 9.95. The van der Waals surface area contributed by atoms with Crippen LogP contribution in [0, 0.1) is 0 Å². The maximum atomic E-state index is 12.5. The van der Waals surface area contributed by atoms with Gasteiger partial charge in [0.1, 0.15) is 0 Å². The van der Waals surface area contributed by atoms with E-state index in [0.29, 0.717) is 19.4 Å². The largest absolute Gasteiger partial charge is 0.466 e. The standard InChI is InChI=1S/C66H125NO5/c1-3-5-7-9-11-13-15-17-19-20-21-22-23-25-28-31-34-38-42-46-50-54-58-64(69)63(62-68)67-65(70)59-55-51-47-43-39-35-32-29-26-24-27-30-33-37-41-45-49-53-57-61-72-66(71)60-56-52-48-44-40-36-18-16-14-12-10-8-6-4-2/h10,12,16,18,54,58,63-64,68-69H,3-9,11,13-15,17,19-53,55-57,59-62H2,1-2H3,(H,67,70)/b12-10-,18-16-,58-54+. The highest BCUT2D eigenvalue weighted by atomic mass is 16.5. The Morgan fingerprint density at radius 3 is 1.10 bits per heavy atom. The lowest BCUT2D eigenvalue weighted by atomic mass is 10.0. The average Bonchev–Trinajstić information content (AvgIpc) is 3.38. The second-order valence-electron chi connectivity index (χ2n) is 22.1. The summed E-state index contributed by atoms with van der Waals surface area (Å²) in [4.78, 5) is 24.6. The number of aliphatic hydroxyl groups is 2. The number of carbonyl (C=O) groups is 2. The summed E-state index contributed by atoms with van der Waals surface area (Å²) in [5, 5.41) is 23.2. The SMILES string of the molecule is CCCC/C=C\C/C=C\CCCCCCCC(=O)OCCCCCCCCCCCCCCCCCCCCCC(=O)NC(CO)C(O)/C=C/CCCCCCCCCCCCCCCCCCCCCC. The summed E-state index contributed by atoms with van der Waals surface area (Å²) in [7, 11) is 0. The molecule has 0 bridgehead atoms. The smallest absolute Gasteiger partial charge is 0.305 e. The molecular weight excluding hydrogens is 887 g/mol. The molecule has 2 atom stereocenters. The van der Waals surface area contributed by atoms with E-state index in [2.05, 4.69) is 43.5 Å². The summed E-state index contributed by atoms with van der Waals surface area (Å²) >= 11 is 0. The van der Waals surface area contributed by atoms with E-state index in [1.165, 1.54) is 270 Å². The highest BCUT2D eigenvalue weighted by Crippen LogP contribution is 2.18. The van der Waals surface area contributed by atoms with Gasteiger partial charge in [0.05, 0.1) is 25.4 Å². The number of aliphatic hydroxyl groups excluding tert-OH is 2. The first-order valence-corrected chi connectivity index (χ1v) is 32.3. The normalized spacial score (nSPS) is 12.8. The van der Waals surface area contributed by atoms with Crippen LogP contribution in [-0.4, -0.2) is 47.4 Å². The Balaban J connectivity index is 3.44. The Labute approximate surface area is 449 Å². The van der Waals surface area contributed by atoms with Gasteiger partial charge in [0, 0.05) is 12.8 Å². The Morgan fingerprint density at radius 2 is 0.708 bits per heavy atom. The van der Waals surface area contributed by atoms with Crippen molar-refractivity contribution < 1.29 is 24.5 Å². The highest BCUT2D eigenvalue weighted by molar-refractivity contribution is 5.76. The molecule has 0 aliphatic carbocycles. The van der Waals surface area contributed by atoms with Crippen molar-refractivity contribution in [2.24, 2.45) is 0 Å². The first-order valence-electron chi connectivity index (χ1n) is 32.3. The van der Waals surface area contributed by atoms with E-state index in [-0.39, 0.29) is 18.5 Å². The topological polar surface area (TPSA) is 95.9 Å². The number of unbranched alkanes of at least 4 members (excludes halogenated alkanes) is 45. The van der Waals surface area contributed by atoms with Gasteiger partial charge in [-0.2, -0.15) is 0 Å². The van der Waals surface area contributed by atoms with Gasteiger partial charge in [-0.25, -0.2) is 0 Å². The minimum Gasteiger partial charge on any atom is -0.466 e. The quantitative estimate of drug-likeness (QED) is 0.0320. The van der Waals surface area contributed by atoms with Crippen LogP contribution in [0.15, 0.2) is 36.5 Å². The zero-order valence-electron chi connectivity index (χ0n) is 48.4. The number of nitrogens with one attached hydrogen (secondary N) is 1. The van der Waals surface area contributed by atoms with Crippen LogP contribution in [0.25, 0.3) is 0 Å². The van der Waals surface area contributed by atoms with Gasteiger partial charge in [-0.05, 0) is 57.8 Å². The zero-order valence-corrected chi connectivity index (χ0v) is 48.4. The zero-order chi connectivity index (χ0) is 52.2. The van der Waals surface area contributed by atoms with Crippen molar-refractivity contribution >= 4 is 11.9 Å². The van der Waals surface area contributed by atoms with Gasteiger partial charge < -0.3 is 20.3 Å². The van der Waals surface area contributed by atoms with Crippen molar-refractivity contribution in [3.8, 4) is 0 Å². The van der Waals surface area contributed by atoms with Crippen LogP contribution in [-0.2, 0) is 14.3 Å². The van der Waals surface area contributed by atoms with Crippen LogP contribution in [0.4, 0.5) is 0 Å². The van der Waals surface area contributed by atoms with Crippen molar-refractivity contribution in [2.45, 2.75) is 360 Å². The number of hydrogen-bond acceptors (Lipinski definition) is 5. The molecule has 0 fully saturated rings. The second-order valence-corrected chi connectivity index (χ2v) is 22.1. The highest BCUT2D eigenvalue weighted by Gasteiger charge is 2.18. The van der Waals surface area contributed by atoms with Gasteiger partial charge in [0.2, 0.25) is 5.91 Å². The molecule has 2 unspecified atom stereocenters. The summed E-state index contributed by atoms with van der Waals surface area (Å²) in [5.41, 5.74) is 0. The summed E-state index contributed by atoms with van der Waals surface area (Å²) in [6, 6.07) is -0.632. The molecule has 0 heterocycles. The van der Waals surface area contributed by atoms with Gasteiger partial charge in [-0.3, -0.25) is 9.59 Å². The number of hydrogen-bond donors (Lipinski definition) is 3. The second kappa shape index (κ2) is 61.6. The van der Waals surface area contributed by atoms with Crippen LogP contribution < -0.4 is 5.32 Å². The third kappa shape index (κ3) is 57.4. The molecule has 0 aromatic rings. The maximum Gasteiger partial charge on any atom is 0.305 e. The molecule has 0 aromatic carbocycles. The summed E-state index contributed by atoms with van der Waals surface area (Å²) in [5.74, 6) is -0.0741. The van der Waals surface area contributed by atoms with Gasteiger partial charge >= 0.3 is 5.97 Å². The molecule has 6 nitrogen and oxygen atoms in total. The van der Waals surface area contributed by atoms with E-state index < -0.39 is 12.1 Å². The van der Waals surface area contributed by atoms with Crippen LogP contribution in [0.2, 0.25) is 0 Å². The molecule has 72 heavy (non-hydrogen) atoms. The predicted octanol–water partition coefficient (Wildman–Crippen LogP) is 20.4. The lowest BCUT2D eigenvalue weighted by Gasteiger charge is -2.20. The molecule has 0 saturated carbocycles. The molecule has 0 saturated heterocycles. The van der Waals surface area contributed by atoms with Crippen molar-refractivity contribution in [3.63, 3.8) is 0 Å². The molecule has 6 heteroatoms. The number of amides is 1. The molecule has 1 amide bonds. The number of allylic oxidation sites excluding steroid dienone is 5. The monoisotopic (exact) mass is 1010 g/mol. The van der Waals surface area contributed by atoms with Gasteiger partial charge in [-0.1, -0.05) is 314 Å². The van der Waals surface area contributed by atoms with Crippen LogP contribution in [0.1, 0.15) is 348 Å². The number of ether oxygens (including phenoxy) is 1. The summed E-state index contributed by atoms with van der Waals surface area (Å²) in [6.07, 6.45) is 77.6. The minimum absolute atomic E-state index is 0.00598. The van der Waals surface area contributed by atoms with E-state index in [4.69, 9.17) is 4.74 Å². The van der Waals surface area contributed by atoms with Gasteiger partial charge in [0.15, 0.2) is 0 Å². The van der Waals surface area contributed by atoms with Crippen molar-refractivity contribution in [1.82, 2.24) is 5.32 Å². The Kier molecular flexibility index (Phi) is 60.0. The Bertz CT molecular complexity index is 1170. The number of rotatable bonds is 60. The van der Waals surface area contributed by atoms with Crippen LogP contribution in [0.5, 0.6) is 0 Å². The molecule has 0 rings (SSSR count). The summed E-state index contributed by atoms with van der Waals surface area (Å²) < 4.78 is 5.47. The maximum absolute atomic E-state index is 12.5. The van der Waals surface area contributed by atoms with E-state index in [1.54, 1.807) is 6.08 Å². The van der Waals surface area contributed by atoms with Crippen molar-refractivity contribution in [2.75, 3.05) is 13.2 Å². The Morgan fingerprint density at radius 1 is 0.389 bits per heavy atom. The fourth-order valence-electron chi connectivity index (χ4n) is 9.95. The number of esters is 1. The lowest BCUT2D eigenvalue weighted by Crippen LogP contribution is -2.45. The third-order valence-electron chi connectivity index (χ3n) is 14.9. The molecular formula is C66H125NO5. The molecule has 0 aliphatic rings. The first kappa shape index (κ1) is 70.1. The fraction of sp³-hybridized carbons (Fsp3) is 0.879. The van der Waals surface area contributed by atoms with E-state index in [0.717, 1.165) is 51.4 Å². The summed E-state index contributed by atoms with van der Waals surface area (Å²) in [6.45, 7) is 4.88. The van der Waals surface area contributed by atoms with E-state index in [9.17, 15) is 19.8 Å². The first-order chi connectivity index (χ1) is 35.5. The van der Waals surface area contributed by atoms with Gasteiger partial charge in [0.25, 0.3) is 0 Å². The predicted molar refractivity (Wildman–Crippen MR) is 315 cm³/mol.